The van der Waals surface area contributed by atoms with Gasteiger partial charge in [0.15, 0.2) is 0 Å². The second-order valence-electron chi connectivity index (χ2n) is 6.18. The number of nitrogens with zero attached hydrogens (tertiary/aromatic N) is 1. The smallest absolute Gasteiger partial charge is 0.148 e. The van der Waals surface area contributed by atoms with Gasteiger partial charge in [0.1, 0.15) is 11.6 Å². The molecule has 0 spiro atoms. The second kappa shape index (κ2) is 8.40. The van der Waals surface area contributed by atoms with Crippen molar-refractivity contribution in [1.82, 2.24) is 4.90 Å². The molecule has 0 amide bonds. The highest BCUT2D eigenvalue weighted by atomic mass is 19.1. The SMILES string of the molecule is C=C(CN(C)C)Nc1cc(C(=N)/C=C/c2ccc(F)cc2)c(N)cc1F. The molecule has 0 fully saturated rings. The lowest BCUT2D eigenvalue weighted by molar-refractivity contribution is 0.446. The van der Waals surface area contributed by atoms with Gasteiger partial charge in [-0.05, 0) is 50.0 Å². The Morgan fingerprint density at radius 1 is 1.23 bits per heavy atom. The summed E-state index contributed by atoms with van der Waals surface area (Å²) >= 11 is 0. The first-order chi connectivity index (χ1) is 12.3. The molecule has 0 saturated heterocycles. The molecule has 2 aromatic carbocycles. The number of hydrogen-bond acceptors (Lipinski definition) is 4. The van der Waals surface area contributed by atoms with Gasteiger partial charge in [0.05, 0.1) is 11.4 Å². The van der Waals surface area contributed by atoms with E-state index in [0.29, 0.717) is 17.8 Å². The summed E-state index contributed by atoms with van der Waals surface area (Å²) in [6, 6.07) is 8.56. The molecule has 0 aliphatic rings. The molecule has 0 unspecified atom stereocenters. The van der Waals surface area contributed by atoms with Crippen LogP contribution in [0.5, 0.6) is 0 Å². The lowest BCUT2D eigenvalue weighted by atomic mass is 10.0. The normalized spacial score (nSPS) is 11.1. The van der Waals surface area contributed by atoms with E-state index < -0.39 is 5.82 Å². The fourth-order valence-corrected chi connectivity index (χ4v) is 2.37. The highest BCUT2D eigenvalue weighted by Gasteiger charge is 2.11. The van der Waals surface area contributed by atoms with Gasteiger partial charge < -0.3 is 21.4 Å². The number of halogens is 2. The molecule has 0 bridgehead atoms. The molecule has 4 N–H and O–H groups in total. The standard InChI is InChI=1S/C20H22F2N4/c1-13(12-26(2)3)25-20-10-16(19(24)11-17(20)22)18(23)9-6-14-4-7-15(21)8-5-14/h4-11,23,25H,1,12,24H2,2-3H3/b9-6+,23-18?. The Balaban J connectivity index is 2.22. The highest BCUT2D eigenvalue weighted by molar-refractivity contribution is 6.12. The van der Waals surface area contributed by atoms with Gasteiger partial charge in [-0.15, -0.1) is 0 Å². The lowest BCUT2D eigenvalue weighted by Gasteiger charge is -2.16. The number of nitrogens with one attached hydrogen (secondary N) is 2. The fraction of sp³-hybridized carbons (Fsp3) is 0.150. The van der Waals surface area contributed by atoms with E-state index in [1.54, 1.807) is 18.2 Å². The van der Waals surface area contributed by atoms with Crippen LogP contribution >= 0.6 is 0 Å². The van der Waals surface area contributed by atoms with Crippen molar-refractivity contribution in [1.29, 1.82) is 5.41 Å². The lowest BCUT2D eigenvalue weighted by Crippen LogP contribution is -2.19. The van der Waals surface area contributed by atoms with Gasteiger partial charge in [-0.25, -0.2) is 8.78 Å². The van der Waals surface area contributed by atoms with Crippen LogP contribution in [-0.4, -0.2) is 31.3 Å². The zero-order valence-electron chi connectivity index (χ0n) is 14.8. The van der Waals surface area contributed by atoms with Crippen molar-refractivity contribution in [3.8, 4) is 0 Å². The molecular formula is C20H22F2N4. The number of nitrogen functional groups attached to an aromatic ring is 1. The van der Waals surface area contributed by atoms with Gasteiger partial charge in [-0.1, -0.05) is 24.8 Å². The molecule has 0 aliphatic heterocycles. The van der Waals surface area contributed by atoms with Crippen molar-refractivity contribution in [3.05, 3.63) is 77.5 Å². The van der Waals surface area contributed by atoms with Crippen molar-refractivity contribution < 1.29 is 8.78 Å². The van der Waals surface area contributed by atoms with Crippen LogP contribution in [0.3, 0.4) is 0 Å². The minimum Gasteiger partial charge on any atom is -0.398 e. The maximum absolute atomic E-state index is 14.2. The molecular weight excluding hydrogens is 334 g/mol. The number of likely N-dealkylation sites (N-methyl/N-ethyl adjacent to an activating group) is 1. The quantitative estimate of drug-likeness (QED) is 0.517. The molecule has 0 radical (unpaired) electrons. The van der Waals surface area contributed by atoms with Crippen LogP contribution in [0.1, 0.15) is 11.1 Å². The molecule has 6 heteroatoms. The minimum atomic E-state index is -0.513. The second-order valence-corrected chi connectivity index (χ2v) is 6.18. The van der Waals surface area contributed by atoms with Gasteiger partial charge in [0.2, 0.25) is 0 Å². The highest BCUT2D eigenvalue weighted by Crippen LogP contribution is 2.24. The van der Waals surface area contributed by atoms with Crippen molar-refractivity contribution in [2.75, 3.05) is 31.7 Å². The predicted molar refractivity (Wildman–Crippen MR) is 104 cm³/mol. The topological polar surface area (TPSA) is 65.1 Å². The average molecular weight is 356 g/mol. The molecule has 0 heterocycles. The number of benzene rings is 2. The summed E-state index contributed by atoms with van der Waals surface area (Å²) in [5.74, 6) is -0.838. The summed E-state index contributed by atoms with van der Waals surface area (Å²) in [6.45, 7) is 4.41. The Bertz CT molecular complexity index is 840. The maximum Gasteiger partial charge on any atom is 0.148 e. The van der Waals surface area contributed by atoms with Crippen LogP contribution in [0.2, 0.25) is 0 Å². The molecule has 136 valence electrons. The largest absolute Gasteiger partial charge is 0.398 e. The van der Waals surface area contributed by atoms with Gasteiger partial charge in [0, 0.05) is 23.5 Å². The fourth-order valence-electron chi connectivity index (χ4n) is 2.37. The van der Waals surface area contributed by atoms with Gasteiger partial charge >= 0.3 is 0 Å². The summed E-state index contributed by atoms with van der Waals surface area (Å²) in [5, 5.41) is 11.1. The minimum absolute atomic E-state index is 0.119. The zero-order valence-corrected chi connectivity index (χ0v) is 14.8. The van der Waals surface area contributed by atoms with Crippen LogP contribution in [0.15, 0.2) is 54.8 Å². The molecule has 0 aromatic heterocycles. The van der Waals surface area contributed by atoms with E-state index in [1.807, 2.05) is 19.0 Å². The van der Waals surface area contributed by atoms with E-state index in [1.165, 1.54) is 30.3 Å². The number of hydrogen-bond donors (Lipinski definition) is 3. The summed E-state index contributed by atoms with van der Waals surface area (Å²) in [7, 11) is 3.76. The van der Waals surface area contributed by atoms with E-state index in [9.17, 15) is 8.78 Å². The average Bonchev–Trinajstić information content (AvgIpc) is 2.55. The van der Waals surface area contributed by atoms with E-state index in [0.717, 1.165) is 5.56 Å². The first kappa shape index (κ1) is 19.3. The Morgan fingerprint density at radius 2 is 1.88 bits per heavy atom. The Kier molecular flexibility index (Phi) is 6.25. The maximum atomic E-state index is 14.2. The summed E-state index contributed by atoms with van der Waals surface area (Å²) in [4.78, 5) is 1.90. The summed E-state index contributed by atoms with van der Waals surface area (Å²) in [6.07, 6.45) is 3.21. The predicted octanol–water partition coefficient (Wildman–Crippen LogP) is 4.12. The Hall–Kier alpha value is -2.99. The first-order valence-electron chi connectivity index (χ1n) is 7.97. The molecule has 2 rings (SSSR count). The van der Waals surface area contributed by atoms with Gasteiger partial charge in [0.25, 0.3) is 0 Å². The third kappa shape index (κ3) is 5.26. The van der Waals surface area contributed by atoms with Crippen LogP contribution in [0.4, 0.5) is 20.2 Å². The van der Waals surface area contributed by atoms with Crippen molar-refractivity contribution in [2.45, 2.75) is 0 Å². The van der Waals surface area contributed by atoms with Crippen LogP contribution in [-0.2, 0) is 0 Å². The van der Waals surface area contributed by atoms with Crippen LogP contribution in [0, 0.1) is 17.0 Å². The van der Waals surface area contributed by atoms with E-state index in [-0.39, 0.29) is 22.9 Å². The Morgan fingerprint density at radius 3 is 2.50 bits per heavy atom. The number of anilines is 2. The molecule has 4 nitrogen and oxygen atoms in total. The number of rotatable bonds is 7. The van der Waals surface area contributed by atoms with E-state index in [2.05, 4.69) is 11.9 Å². The van der Waals surface area contributed by atoms with Gasteiger partial charge in [-0.2, -0.15) is 0 Å². The van der Waals surface area contributed by atoms with Crippen LogP contribution in [0.25, 0.3) is 6.08 Å². The van der Waals surface area contributed by atoms with Crippen molar-refractivity contribution in [2.24, 2.45) is 0 Å². The van der Waals surface area contributed by atoms with E-state index >= 15 is 0 Å². The number of allylic oxidation sites excluding steroid dienone is 1. The van der Waals surface area contributed by atoms with Gasteiger partial charge in [-0.3, -0.25) is 0 Å². The zero-order chi connectivity index (χ0) is 19.3. The molecule has 0 aliphatic carbocycles. The molecule has 26 heavy (non-hydrogen) atoms. The molecule has 0 saturated carbocycles. The third-order valence-corrected chi connectivity index (χ3v) is 3.56. The molecule has 0 atom stereocenters. The first-order valence-corrected chi connectivity index (χ1v) is 7.97. The summed E-state index contributed by atoms with van der Waals surface area (Å²) in [5.41, 5.74) is 8.12. The summed E-state index contributed by atoms with van der Waals surface area (Å²) < 4.78 is 27.1. The van der Waals surface area contributed by atoms with E-state index in [4.69, 9.17) is 11.1 Å². The Labute approximate surface area is 152 Å². The van der Waals surface area contributed by atoms with Crippen molar-refractivity contribution >= 4 is 23.2 Å². The van der Waals surface area contributed by atoms with Crippen molar-refractivity contribution in [3.63, 3.8) is 0 Å². The number of nitrogens with two attached hydrogens (primary N) is 1. The third-order valence-electron chi connectivity index (χ3n) is 3.56. The molecule has 2 aromatic rings. The monoisotopic (exact) mass is 356 g/mol. The van der Waals surface area contributed by atoms with Crippen LogP contribution < -0.4 is 11.1 Å².